The lowest BCUT2D eigenvalue weighted by molar-refractivity contribution is -0.107. The zero-order valence-corrected chi connectivity index (χ0v) is 8.34. The van der Waals surface area contributed by atoms with Crippen LogP contribution in [0.4, 0.5) is 4.39 Å². The molecule has 1 rings (SSSR count). The topological polar surface area (TPSA) is 26.3 Å². The van der Waals surface area contributed by atoms with Gasteiger partial charge < -0.3 is 9.53 Å². The van der Waals surface area contributed by atoms with E-state index < -0.39 is 0 Å². The van der Waals surface area contributed by atoms with Gasteiger partial charge in [-0.3, -0.25) is 0 Å². The Balaban J connectivity index is 2.98. The quantitative estimate of drug-likeness (QED) is 0.690. The smallest absolute Gasteiger partial charge is 0.126 e. The van der Waals surface area contributed by atoms with Crippen LogP contribution < -0.4 is 4.74 Å². The van der Waals surface area contributed by atoms with Crippen LogP contribution in [-0.4, -0.2) is 13.4 Å². The maximum Gasteiger partial charge on any atom is 0.126 e. The minimum Gasteiger partial charge on any atom is -0.496 e. The molecular formula is C11H13FO2. The molecule has 0 aliphatic heterocycles. The number of hydrogen-bond acceptors (Lipinski definition) is 2. The molecule has 0 N–H and O–H groups in total. The zero-order chi connectivity index (χ0) is 10.6. The zero-order valence-electron chi connectivity index (χ0n) is 8.34. The largest absolute Gasteiger partial charge is 0.496 e. The number of halogens is 1. The van der Waals surface area contributed by atoms with E-state index in [1.54, 1.807) is 20.1 Å². The second-order valence-corrected chi connectivity index (χ2v) is 3.12. The number of aryl methyl sites for hydroxylation is 2. The summed E-state index contributed by atoms with van der Waals surface area (Å²) in [6.07, 6.45) is 1.54. The van der Waals surface area contributed by atoms with E-state index in [0.717, 1.165) is 11.8 Å². The van der Waals surface area contributed by atoms with Gasteiger partial charge in [0.15, 0.2) is 0 Å². The Kier molecular flexibility index (Phi) is 3.63. The van der Waals surface area contributed by atoms with Crippen molar-refractivity contribution in [3.8, 4) is 5.75 Å². The lowest BCUT2D eigenvalue weighted by Crippen LogP contribution is -1.96. The lowest BCUT2D eigenvalue weighted by Gasteiger charge is -2.08. The number of hydrogen-bond donors (Lipinski definition) is 0. The van der Waals surface area contributed by atoms with Crippen molar-refractivity contribution < 1.29 is 13.9 Å². The van der Waals surface area contributed by atoms with Crippen LogP contribution in [0, 0.1) is 12.7 Å². The Hall–Kier alpha value is -1.38. The molecule has 0 aliphatic carbocycles. The first-order valence-corrected chi connectivity index (χ1v) is 4.45. The molecule has 0 atom stereocenters. The van der Waals surface area contributed by atoms with Crippen molar-refractivity contribution in [2.75, 3.05) is 7.11 Å². The van der Waals surface area contributed by atoms with E-state index in [4.69, 9.17) is 4.74 Å². The van der Waals surface area contributed by atoms with Crippen molar-refractivity contribution in [1.82, 2.24) is 0 Å². The van der Waals surface area contributed by atoms with Crippen LogP contribution in [0.15, 0.2) is 12.1 Å². The highest BCUT2D eigenvalue weighted by atomic mass is 19.1. The van der Waals surface area contributed by atoms with Gasteiger partial charge in [0.25, 0.3) is 0 Å². The fourth-order valence-electron chi connectivity index (χ4n) is 1.32. The molecule has 14 heavy (non-hydrogen) atoms. The summed E-state index contributed by atoms with van der Waals surface area (Å²) in [6, 6.07) is 3.08. The second kappa shape index (κ2) is 4.74. The van der Waals surface area contributed by atoms with Crippen molar-refractivity contribution in [3.63, 3.8) is 0 Å². The molecule has 0 amide bonds. The molecule has 1 aromatic rings. The number of aldehydes is 1. The van der Waals surface area contributed by atoms with Crippen molar-refractivity contribution >= 4 is 6.29 Å². The number of methoxy groups -OCH3 is 1. The maximum absolute atomic E-state index is 13.3. The van der Waals surface area contributed by atoms with Crippen molar-refractivity contribution in [3.05, 3.63) is 29.1 Å². The minimum atomic E-state index is -0.273. The molecule has 0 bridgehead atoms. The van der Waals surface area contributed by atoms with Gasteiger partial charge >= 0.3 is 0 Å². The van der Waals surface area contributed by atoms with E-state index in [2.05, 4.69) is 0 Å². The highest BCUT2D eigenvalue weighted by Gasteiger charge is 2.06. The van der Waals surface area contributed by atoms with E-state index in [1.165, 1.54) is 6.07 Å². The molecule has 0 saturated heterocycles. The van der Waals surface area contributed by atoms with Gasteiger partial charge in [-0.2, -0.15) is 0 Å². The Labute approximate surface area is 82.7 Å². The van der Waals surface area contributed by atoms with Crippen LogP contribution in [-0.2, 0) is 11.2 Å². The maximum atomic E-state index is 13.3. The van der Waals surface area contributed by atoms with Gasteiger partial charge in [0.2, 0.25) is 0 Å². The first kappa shape index (κ1) is 10.7. The SMILES string of the molecule is COc1cc(CCC=O)c(F)cc1C. The molecule has 0 fully saturated rings. The highest BCUT2D eigenvalue weighted by molar-refractivity contribution is 5.50. The van der Waals surface area contributed by atoms with Crippen molar-refractivity contribution in [2.45, 2.75) is 19.8 Å². The normalized spacial score (nSPS) is 9.93. The van der Waals surface area contributed by atoms with E-state index in [0.29, 0.717) is 24.2 Å². The highest BCUT2D eigenvalue weighted by Crippen LogP contribution is 2.22. The average Bonchev–Trinajstić information content (AvgIpc) is 2.17. The third-order valence-electron chi connectivity index (χ3n) is 2.10. The van der Waals surface area contributed by atoms with Gasteiger partial charge in [0.05, 0.1) is 7.11 Å². The Bertz CT molecular complexity index is 334. The molecule has 2 nitrogen and oxygen atoms in total. The number of carbonyl (C=O) groups excluding carboxylic acids is 1. The Morgan fingerprint density at radius 1 is 1.50 bits per heavy atom. The molecule has 0 heterocycles. The third kappa shape index (κ3) is 2.31. The molecule has 0 aromatic heterocycles. The summed E-state index contributed by atoms with van der Waals surface area (Å²) < 4.78 is 18.4. The molecule has 0 unspecified atom stereocenters. The molecule has 0 aliphatic rings. The van der Waals surface area contributed by atoms with Gasteiger partial charge in [-0.1, -0.05) is 0 Å². The summed E-state index contributed by atoms with van der Waals surface area (Å²) in [5.74, 6) is 0.387. The van der Waals surface area contributed by atoms with Gasteiger partial charge in [-0.25, -0.2) is 4.39 Å². The summed E-state index contributed by atoms with van der Waals surface area (Å²) in [7, 11) is 1.55. The standard InChI is InChI=1S/C11H13FO2/c1-8-6-10(12)9(4-3-5-13)7-11(8)14-2/h5-7H,3-4H2,1-2H3. The summed E-state index contributed by atoms with van der Waals surface area (Å²) in [6.45, 7) is 1.78. The lowest BCUT2D eigenvalue weighted by atomic mass is 10.1. The second-order valence-electron chi connectivity index (χ2n) is 3.12. The predicted octanol–water partition coefficient (Wildman–Crippen LogP) is 2.27. The Morgan fingerprint density at radius 3 is 2.79 bits per heavy atom. The molecule has 76 valence electrons. The Morgan fingerprint density at radius 2 is 2.21 bits per heavy atom. The number of ether oxygens (including phenoxy) is 1. The van der Waals surface area contributed by atoms with E-state index in [1.807, 2.05) is 0 Å². The fourth-order valence-corrected chi connectivity index (χ4v) is 1.32. The van der Waals surface area contributed by atoms with Crippen LogP contribution in [0.1, 0.15) is 17.5 Å². The van der Waals surface area contributed by atoms with E-state index in [9.17, 15) is 9.18 Å². The number of benzene rings is 1. The summed E-state index contributed by atoms with van der Waals surface area (Å²) in [5.41, 5.74) is 1.29. The fraction of sp³-hybridized carbons (Fsp3) is 0.364. The van der Waals surface area contributed by atoms with Crippen LogP contribution >= 0.6 is 0 Å². The molecular weight excluding hydrogens is 183 g/mol. The molecule has 0 radical (unpaired) electrons. The van der Waals surface area contributed by atoms with E-state index in [-0.39, 0.29) is 5.82 Å². The number of carbonyl (C=O) groups is 1. The molecule has 0 saturated carbocycles. The summed E-state index contributed by atoms with van der Waals surface area (Å²) in [4.78, 5) is 10.2. The van der Waals surface area contributed by atoms with E-state index >= 15 is 0 Å². The van der Waals surface area contributed by atoms with Crippen LogP contribution in [0.3, 0.4) is 0 Å². The predicted molar refractivity (Wildman–Crippen MR) is 52.1 cm³/mol. The van der Waals surface area contributed by atoms with Gasteiger partial charge in [0.1, 0.15) is 17.9 Å². The van der Waals surface area contributed by atoms with Gasteiger partial charge in [0, 0.05) is 6.42 Å². The summed E-state index contributed by atoms with van der Waals surface area (Å²) >= 11 is 0. The molecule has 1 aromatic carbocycles. The molecule has 0 spiro atoms. The first-order valence-electron chi connectivity index (χ1n) is 4.45. The van der Waals surface area contributed by atoms with Gasteiger partial charge in [-0.15, -0.1) is 0 Å². The monoisotopic (exact) mass is 196 g/mol. The number of rotatable bonds is 4. The minimum absolute atomic E-state index is 0.273. The molecule has 3 heteroatoms. The van der Waals surface area contributed by atoms with Crippen LogP contribution in [0.5, 0.6) is 5.75 Å². The average molecular weight is 196 g/mol. The van der Waals surface area contributed by atoms with Crippen molar-refractivity contribution in [2.24, 2.45) is 0 Å². The third-order valence-corrected chi connectivity index (χ3v) is 2.10. The van der Waals surface area contributed by atoms with Crippen LogP contribution in [0.2, 0.25) is 0 Å². The van der Waals surface area contributed by atoms with Gasteiger partial charge in [-0.05, 0) is 36.6 Å². The first-order chi connectivity index (χ1) is 6.69. The van der Waals surface area contributed by atoms with Crippen LogP contribution in [0.25, 0.3) is 0 Å². The summed E-state index contributed by atoms with van der Waals surface area (Å²) in [5, 5.41) is 0. The van der Waals surface area contributed by atoms with Crippen molar-refractivity contribution in [1.29, 1.82) is 0 Å².